The van der Waals surface area contributed by atoms with Gasteiger partial charge in [-0.2, -0.15) is 62.6 Å². The van der Waals surface area contributed by atoms with Crippen LogP contribution in [0.4, 0.5) is 45.2 Å². The molecule has 20 rings (SSSR count). The lowest BCUT2D eigenvalue weighted by Crippen LogP contribution is -2.17. The van der Waals surface area contributed by atoms with Crippen LogP contribution in [0.3, 0.4) is 0 Å². The van der Waals surface area contributed by atoms with Gasteiger partial charge in [-0.15, -0.1) is 13.2 Å². The van der Waals surface area contributed by atoms with Crippen LogP contribution in [-0.2, 0) is 12.4 Å². The highest BCUT2D eigenvalue weighted by Gasteiger charge is 2.37. The van der Waals surface area contributed by atoms with Crippen molar-refractivity contribution in [3.05, 3.63) is 380 Å². The summed E-state index contributed by atoms with van der Waals surface area (Å²) in [5.41, 5.74) is 19.2. The van der Waals surface area contributed by atoms with Crippen LogP contribution >= 0.6 is 11.3 Å². The van der Waals surface area contributed by atoms with Crippen LogP contribution in [0.2, 0.25) is 0 Å². The summed E-state index contributed by atoms with van der Waals surface area (Å²) in [5, 5.41) is 36.1. The quantitative estimate of drug-likeness (QED) is 0.0346. The van der Waals surface area contributed by atoms with Crippen molar-refractivity contribution in [2.75, 3.05) is 27.9 Å². The maximum absolute atomic E-state index is 13.4. The molecule has 146 heavy (non-hydrogen) atoms. The molecule has 0 saturated heterocycles. The number of methoxy groups -OCH3 is 3. The number of aromatic nitrogens is 10. The molecule has 0 amide bonds. The van der Waals surface area contributed by atoms with Crippen LogP contribution in [0.5, 0.6) is 28.7 Å². The van der Waals surface area contributed by atoms with E-state index >= 15 is 0 Å². The first-order chi connectivity index (χ1) is 70.3. The van der Waals surface area contributed by atoms with Gasteiger partial charge in [-0.3, -0.25) is 10.1 Å². The molecule has 0 unspecified atom stereocenters. The van der Waals surface area contributed by atoms with E-state index in [1.165, 1.54) is 111 Å². The van der Waals surface area contributed by atoms with E-state index in [4.69, 9.17) is 41.6 Å². The van der Waals surface area contributed by atoms with Crippen LogP contribution in [0.25, 0.3) is 170 Å². The molecule has 0 bridgehead atoms. The number of benzene rings is 14. The molecule has 0 aliphatic carbocycles. The first kappa shape index (κ1) is 101. The summed E-state index contributed by atoms with van der Waals surface area (Å²) in [4.78, 5) is 33.4. The first-order valence-corrected chi connectivity index (χ1v) is 46.2. The largest absolute Gasteiger partial charge is 0.573 e. The monoisotopic (exact) mass is 1990 g/mol. The Hall–Kier alpha value is -17.8. The molecule has 0 aliphatic rings. The molecule has 0 radical (unpaired) electrons. The van der Waals surface area contributed by atoms with E-state index in [-0.39, 0.29) is 45.9 Å². The van der Waals surface area contributed by atoms with Crippen LogP contribution in [0.15, 0.2) is 343 Å². The third kappa shape index (κ3) is 23.3. The molecule has 14 aromatic carbocycles. The summed E-state index contributed by atoms with van der Waals surface area (Å²) >= 11 is 1.72. The highest BCUT2D eigenvalue weighted by Crippen LogP contribution is 2.46. The van der Waals surface area contributed by atoms with Gasteiger partial charge in [0.25, 0.3) is 35.1 Å². The fourth-order valence-corrected chi connectivity index (χ4v) is 17.1. The van der Waals surface area contributed by atoms with Gasteiger partial charge in [-0.25, -0.2) is 0 Å². The zero-order valence-electron chi connectivity index (χ0n) is 79.9. The molecule has 0 atom stereocenters. The Morgan fingerprint density at radius 3 is 0.849 bits per heavy atom. The lowest BCUT2D eigenvalue weighted by Gasteiger charge is -2.14. The number of aryl methyl sites for hydroxylation is 7. The van der Waals surface area contributed by atoms with Crippen LogP contribution in [0.1, 0.15) is 57.0 Å². The molecular weight excluding hydrogens is 1910 g/mol. The number of alkyl halides is 9. The maximum atomic E-state index is 13.4. The summed E-state index contributed by atoms with van der Waals surface area (Å²) in [5.74, 6) is 5.31. The second-order valence-electron chi connectivity index (χ2n) is 33.0. The standard InChI is InChI=1S/C24H22N2O2.C23H14F6N2O2.C23H17F3N2O2.C22H17N3O4.C21H18N2O2S/c1-4-27-22-12-8-7-11-21(22)23-25-24(28-26-23)18-13-14-20(17(3)15-18)19-10-6-5-9-16(19)2;1-13-12-14(10-11-15(13)16-6-2-4-8-18(16)22(24,25)26)21-30-20(31-33-21)17-7-3-5-9-19(17)32-23(27,28)29;1-14-13-15(11-12-16(14)17-7-3-5-9-19(17)23(24,25)26)22-27-21(28-30-22)18-8-4-6-10-20(18)29-2;1-14-7-3-4-8-16(14)17-12-11-15(13-19(17)25(26)27)22-23-21(24-29-22)18-9-5-6-10-20(18)28-2;1-13-10-15(8-9-16(13)18-12-26-11-14(18)2)21-22-20(23-25-21)17-6-4-5-7-19(17)24-3/h5-15H,4H2,1-3H3;2-12H,1H3;3-13H,1-2H3;3-13H,1-2H3;4-12H,1-3H3. The number of hydrogen-bond donors (Lipinski definition) is 0. The van der Waals surface area contributed by atoms with E-state index in [0.717, 1.165) is 63.1 Å². The molecule has 0 fully saturated rings. The predicted octanol–water partition coefficient (Wildman–Crippen LogP) is 30.8. The van der Waals surface area contributed by atoms with Gasteiger partial charge in [-0.05, 0) is 289 Å². The van der Waals surface area contributed by atoms with Gasteiger partial charge < -0.3 is 46.3 Å². The Morgan fingerprint density at radius 1 is 0.288 bits per heavy atom. The molecule has 23 nitrogen and oxygen atoms in total. The minimum atomic E-state index is -4.90. The zero-order chi connectivity index (χ0) is 103. The number of thiophene rings is 1. The lowest BCUT2D eigenvalue weighted by atomic mass is 9.94. The average molecular weight is 2000 g/mol. The highest BCUT2D eigenvalue weighted by molar-refractivity contribution is 7.08. The van der Waals surface area contributed by atoms with Crippen molar-refractivity contribution < 1.29 is 90.7 Å². The third-order valence-electron chi connectivity index (χ3n) is 23.4. The van der Waals surface area contributed by atoms with E-state index in [9.17, 15) is 49.6 Å². The van der Waals surface area contributed by atoms with Crippen molar-refractivity contribution in [1.29, 1.82) is 0 Å². The molecule has 6 aromatic heterocycles. The van der Waals surface area contributed by atoms with Gasteiger partial charge in [0.2, 0.25) is 29.1 Å². The summed E-state index contributed by atoms with van der Waals surface area (Å²) in [6.45, 7) is 16.3. The minimum absolute atomic E-state index is 0.00873. The fourth-order valence-electron chi connectivity index (χ4n) is 16.3. The van der Waals surface area contributed by atoms with Gasteiger partial charge >= 0.3 is 18.7 Å². The van der Waals surface area contributed by atoms with Gasteiger partial charge in [0.05, 0.1) is 77.4 Å². The molecular formula is C113H88F9N11O12S. The first-order valence-electron chi connectivity index (χ1n) is 45.2. The van der Waals surface area contributed by atoms with Gasteiger partial charge in [0, 0.05) is 33.9 Å². The maximum Gasteiger partial charge on any atom is 0.573 e. The van der Waals surface area contributed by atoms with Gasteiger partial charge in [0.1, 0.15) is 28.7 Å². The summed E-state index contributed by atoms with van der Waals surface area (Å²) < 4.78 is 171. The number of nitrogens with zero attached hydrogens (tertiary/aromatic N) is 11. The number of para-hydroxylation sites is 5. The lowest BCUT2D eigenvalue weighted by molar-refractivity contribution is -0.384. The van der Waals surface area contributed by atoms with E-state index in [2.05, 4.69) is 142 Å². The van der Waals surface area contributed by atoms with E-state index in [1.54, 1.807) is 101 Å². The summed E-state index contributed by atoms with van der Waals surface area (Å²) in [6, 6.07) is 89.0. The minimum Gasteiger partial charge on any atom is -0.496 e. The van der Waals surface area contributed by atoms with Crippen molar-refractivity contribution in [2.45, 2.75) is 74.1 Å². The topological polar surface area (TPSA) is 284 Å². The smallest absolute Gasteiger partial charge is 0.496 e. The van der Waals surface area contributed by atoms with Crippen molar-refractivity contribution >= 4 is 17.0 Å². The number of halogens is 9. The Bertz CT molecular complexity index is 8040. The number of nitro benzene ring substituents is 1. The third-order valence-corrected chi connectivity index (χ3v) is 24.2. The number of hydrogen-bond acceptors (Lipinski definition) is 23. The second-order valence-corrected chi connectivity index (χ2v) is 33.7. The number of nitro groups is 1. The van der Waals surface area contributed by atoms with Crippen LogP contribution in [-0.4, -0.2) is 89.9 Å². The van der Waals surface area contributed by atoms with Crippen molar-refractivity contribution in [3.63, 3.8) is 0 Å². The Morgan fingerprint density at radius 2 is 0.548 bits per heavy atom. The van der Waals surface area contributed by atoms with Crippen molar-refractivity contribution in [3.8, 4) is 199 Å². The second kappa shape index (κ2) is 44.6. The molecule has 0 N–H and O–H groups in total. The van der Waals surface area contributed by atoms with Crippen LogP contribution in [0, 0.1) is 58.6 Å². The normalized spacial score (nSPS) is 11.2. The molecule has 33 heteroatoms. The molecule has 6 heterocycles. The van der Waals surface area contributed by atoms with E-state index in [1.807, 2.05) is 135 Å². The zero-order valence-corrected chi connectivity index (χ0v) is 80.8. The molecule has 0 saturated carbocycles. The number of rotatable bonds is 22. The molecule has 0 spiro atoms. The summed E-state index contributed by atoms with van der Waals surface area (Å²) in [7, 11) is 4.75. The highest BCUT2D eigenvalue weighted by atomic mass is 32.1. The summed E-state index contributed by atoms with van der Waals surface area (Å²) in [6.07, 6.45) is -13.9. The van der Waals surface area contributed by atoms with Gasteiger partial charge in [-0.1, -0.05) is 196 Å². The fraction of sp³-hybridized carbons (Fsp3) is 0.133. The molecule has 736 valence electrons. The molecule has 0 aliphatic heterocycles. The van der Waals surface area contributed by atoms with E-state index in [0.29, 0.717) is 109 Å². The Balaban J connectivity index is 0.000000131. The predicted molar refractivity (Wildman–Crippen MR) is 538 cm³/mol. The van der Waals surface area contributed by atoms with Crippen LogP contribution < -0.4 is 23.7 Å². The van der Waals surface area contributed by atoms with Crippen molar-refractivity contribution in [2.24, 2.45) is 0 Å². The van der Waals surface area contributed by atoms with E-state index < -0.39 is 40.5 Å². The SMILES string of the molecule is CCOc1ccccc1-c1noc(-c2ccc(-c3ccccc3C)c(C)c2)n1.COc1ccccc1-c1noc(-c2ccc(-c3ccccc3C(F)(F)F)c(C)c2)n1.COc1ccccc1-c1noc(-c2ccc(-c3ccccc3C)c([N+](=O)[O-])c2)n1.COc1ccccc1-c1noc(-c2ccc(-c3cscc3C)c(C)c2)n1.Cc1cc(-c2nc(-c3ccccc3OC(F)(F)F)no2)ccc1-c1ccccc1C(F)(F)F. The van der Waals surface area contributed by atoms with Crippen molar-refractivity contribution in [1.82, 2.24) is 50.7 Å². The average Bonchev–Trinajstić information content (AvgIpc) is 1.29. The number of ether oxygens (including phenoxy) is 5. The Kier molecular flexibility index (Phi) is 30.9. The molecule has 20 aromatic rings. The van der Waals surface area contributed by atoms with Gasteiger partial charge in [0.15, 0.2) is 0 Å². The Labute approximate surface area is 834 Å².